The number of hydrogen-bond donors (Lipinski definition) is 1. The van der Waals surface area contributed by atoms with Crippen molar-refractivity contribution in [3.05, 3.63) is 0 Å². The van der Waals surface area contributed by atoms with Gasteiger partial charge in [0.25, 0.3) is 0 Å². The van der Waals surface area contributed by atoms with Gasteiger partial charge >= 0.3 is 0 Å². The lowest BCUT2D eigenvalue weighted by atomic mass is 10.4. The minimum atomic E-state index is -1.09. The Labute approximate surface area is 67.3 Å². The first-order valence-electron chi connectivity index (χ1n) is 3.79. The van der Waals surface area contributed by atoms with Crippen molar-refractivity contribution in [1.29, 1.82) is 0 Å². The molecule has 1 heterocycles. The highest BCUT2D eigenvalue weighted by Crippen LogP contribution is 2.20. The fourth-order valence-electron chi connectivity index (χ4n) is 1.07. The summed E-state index contributed by atoms with van der Waals surface area (Å²) in [5.41, 5.74) is 0. The Balaban J connectivity index is 0.000000371. The molecule has 1 N–H and O–H groups in total. The van der Waals surface area contributed by atoms with Crippen molar-refractivity contribution in [3.8, 4) is 0 Å². The Hall–Kier alpha value is 0.354. The third-order valence-electron chi connectivity index (χ3n) is 1.67. The van der Waals surface area contributed by atoms with Gasteiger partial charge in [0.2, 0.25) is 0 Å². The van der Waals surface area contributed by atoms with Crippen molar-refractivity contribution >= 4 is 18.8 Å². The van der Waals surface area contributed by atoms with Crippen LogP contribution in [0.5, 0.6) is 0 Å². The largest absolute Gasteiger partial charge is 0.442 e. The zero-order valence-corrected chi connectivity index (χ0v) is 10.2. The van der Waals surface area contributed by atoms with Crippen molar-refractivity contribution in [1.82, 2.24) is 0 Å². The molecule has 0 bridgehead atoms. The minimum absolute atomic E-state index is 0.306. The maximum absolute atomic E-state index is 7.14. The van der Waals surface area contributed by atoms with Crippen molar-refractivity contribution in [2.75, 3.05) is 6.61 Å². The van der Waals surface area contributed by atoms with Gasteiger partial charge in [0.15, 0.2) is 8.32 Å². The summed E-state index contributed by atoms with van der Waals surface area (Å²) in [4.78, 5) is 7.14. The standard InChI is InChI=1S/C6H14OSi.H4OSi/c1-8(2)6-4-3-5-7-8;1-2/h3-6H2,1-2H3;1H,2H3. The molecule has 1 rings (SSSR count). The molecule has 62 valence electrons. The van der Waals surface area contributed by atoms with Crippen LogP contribution in [0, 0.1) is 0 Å². The van der Waals surface area contributed by atoms with Crippen LogP contribution in [0.3, 0.4) is 0 Å². The first-order chi connectivity index (χ1) is 4.71. The average molecular weight is 178 g/mol. The van der Waals surface area contributed by atoms with Crippen LogP contribution in [0.25, 0.3) is 0 Å². The summed E-state index contributed by atoms with van der Waals surface area (Å²) >= 11 is 0. The molecule has 0 spiro atoms. The summed E-state index contributed by atoms with van der Waals surface area (Å²) in [5, 5.41) is 0. The molecule has 0 aromatic rings. The molecule has 0 saturated carbocycles. The Morgan fingerprint density at radius 3 is 2.10 bits per heavy atom. The molecule has 1 saturated heterocycles. The van der Waals surface area contributed by atoms with Gasteiger partial charge in [-0.25, -0.2) is 0 Å². The fourth-order valence-corrected chi connectivity index (χ4v) is 3.02. The van der Waals surface area contributed by atoms with Crippen LogP contribution in [0.1, 0.15) is 12.8 Å². The van der Waals surface area contributed by atoms with Crippen LogP contribution >= 0.6 is 0 Å². The molecular formula is C6H18O2Si2. The maximum atomic E-state index is 7.14. The monoisotopic (exact) mass is 178 g/mol. The summed E-state index contributed by atoms with van der Waals surface area (Å²) < 4.78 is 5.60. The first kappa shape index (κ1) is 10.4. The van der Waals surface area contributed by atoms with Crippen LogP contribution < -0.4 is 0 Å². The van der Waals surface area contributed by atoms with E-state index in [0.29, 0.717) is 10.5 Å². The molecule has 0 aromatic heterocycles. The molecule has 1 aliphatic heterocycles. The van der Waals surface area contributed by atoms with Gasteiger partial charge in [-0.1, -0.05) is 6.42 Å². The second-order valence-electron chi connectivity index (χ2n) is 3.07. The molecule has 1 fully saturated rings. The van der Waals surface area contributed by atoms with Gasteiger partial charge in [0.05, 0.1) is 0 Å². The lowest BCUT2D eigenvalue weighted by Gasteiger charge is -2.27. The van der Waals surface area contributed by atoms with Gasteiger partial charge in [-0.15, -0.1) is 0 Å². The van der Waals surface area contributed by atoms with Gasteiger partial charge in [-0.2, -0.15) is 0 Å². The third kappa shape index (κ3) is 4.21. The second kappa shape index (κ2) is 5.06. The SMILES string of the molecule is C[Si]1(C)CCCCO1.O[SiH3]. The quantitative estimate of drug-likeness (QED) is 0.539. The van der Waals surface area contributed by atoms with E-state index in [0.717, 1.165) is 6.61 Å². The number of hydrogen-bond acceptors (Lipinski definition) is 2. The molecular weight excluding hydrogens is 160 g/mol. The third-order valence-corrected chi connectivity index (χ3v) is 4.21. The lowest BCUT2D eigenvalue weighted by Crippen LogP contribution is -2.33. The molecule has 10 heavy (non-hydrogen) atoms. The highest BCUT2D eigenvalue weighted by Gasteiger charge is 2.24. The topological polar surface area (TPSA) is 29.5 Å². The van der Waals surface area contributed by atoms with Crippen LogP contribution in [-0.4, -0.2) is 30.2 Å². The van der Waals surface area contributed by atoms with Gasteiger partial charge in [-0.05, 0) is 25.6 Å². The predicted octanol–water partition coefficient (Wildman–Crippen LogP) is 0.261. The Morgan fingerprint density at radius 2 is 1.90 bits per heavy atom. The van der Waals surface area contributed by atoms with E-state index in [2.05, 4.69) is 13.1 Å². The molecule has 2 nitrogen and oxygen atoms in total. The summed E-state index contributed by atoms with van der Waals surface area (Å²) in [6.45, 7) is 5.62. The van der Waals surface area contributed by atoms with Crippen molar-refractivity contribution in [3.63, 3.8) is 0 Å². The minimum Gasteiger partial charge on any atom is -0.442 e. The summed E-state index contributed by atoms with van der Waals surface area (Å²) in [6, 6.07) is 1.37. The van der Waals surface area contributed by atoms with E-state index in [4.69, 9.17) is 9.22 Å². The van der Waals surface area contributed by atoms with Crippen molar-refractivity contribution in [2.45, 2.75) is 32.0 Å². The van der Waals surface area contributed by atoms with E-state index in [-0.39, 0.29) is 0 Å². The Kier molecular flexibility index (Phi) is 5.24. The van der Waals surface area contributed by atoms with Crippen molar-refractivity contribution < 1.29 is 9.22 Å². The van der Waals surface area contributed by atoms with Gasteiger partial charge in [-0.3, -0.25) is 0 Å². The molecule has 4 heteroatoms. The van der Waals surface area contributed by atoms with Crippen LogP contribution in [0.4, 0.5) is 0 Å². The zero-order valence-electron chi connectivity index (χ0n) is 7.18. The normalized spacial score (nSPS) is 23.1. The van der Waals surface area contributed by atoms with Gasteiger partial charge in [0, 0.05) is 6.61 Å². The van der Waals surface area contributed by atoms with E-state index >= 15 is 0 Å². The molecule has 0 aromatic carbocycles. The molecule has 1 aliphatic rings. The predicted molar refractivity (Wildman–Crippen MR) is 49.6 cm³/mol. The van der Waals surface area contributed by atoms with Gasteiger partial charge < -0.3 is 9.22 Å². The van der Waals surface area contributed by atoms with Gasteiger partial charge in [0.1, 0.15) is 10.5 Å². The average Bonchev–Trinajstić information content (AvgIpc) is 1.92. The van der Waals surface area contributed by atoms with E-state index in [1.165, 1.54) is 18.9 Å². The molecule has 0 unspecified atom stereocenters. The summed E-state index contributed by atoms with van der Waals surface area (Å²) in [5.74, 6) is 0. The van der Waals surface area contributed by atoms with E-state index in [1.54, 1.807) is 0 Å². The lowest BCUT2D eigenvalue weighted by molar-refractivity contribution is 0.275. The molecule has 0 radical (unpaired) electrons. The smallest absolute Gasteiger partial charge is 0.186 e. The zero-order chi connectivity index (χ0) is 8.04. The van der Waals surface area contributed by atoms with Crippen LogP contribution in [-0.2, 0) is 4.43 Å². The van der Waals surface area contributed by atoms with Crippen molar-refractivity contribution in [2.24, 2.45) is 0 Å². The van der Waals surface area contributed by atoms with Crippen LogP contribution in [0.15, 0.2) is 0 Å². The Bertz CT molecular complexity index is 77.8. The summed E-state index contributed by atoms with van der Waals surface area (Å²) in [6.07, 6.45) is 2.69. The molecule has 0 aliphatic carbocycles. The van der Waals surface area contributed by atoms with Crippen LogP contribution in [0.2, 0.25) is 19.1 Å². The van der Waals surface area contributed by atoms with E-state index in [9.17, 15) is 0 Å². The molecule has 0 atom stereocenters. The second-order valence-corrected chi connectivity index (χ2v) is 7.37. The number of rotatable bonds is 0. The maximum Gasteiger partial charge on any atom is 0.186 e. The highest BCUT2D eigenvalue weighted by molar-refractivity contribution is 6.71. The Morgan fingerprint density at radius 1 is 1.30 bits per heavy atom. The highest BCUT2D eigenvalue weighted by atomic mass is 28.4. The molecule has 0 amide bonds. The van der Waals surface area contributed by atoms with E-state index in [1.807, 2.05) is 0 Å². The summed E-state index contributed by atoms with van der Waals surface area (Å²) in [7, 11) is -0.785. The van der Waals surface area contributed by atoms with E-state index < -0.39 is 8.32 Å². The fraction of sp³-hybridized carbons (Fsp3) is 1.00. The first-order valence-corrected chi connectivity index (χ1v) is 7.80.